The lowest BCUT2D eigenvalue weighted by molar-refractivity contribution is 0.261. The number of benzene rings is 2. The molecular formula is C18H23ClN2. The third-order valence-corrected chi connectivity index (χ3v) is 4.17. The lowest BCUT2D eigenvalue weighted by Gasteiger charge is -2.26. The lowest BCUT2D eigenvalue weighted by atomic mass is 10.1. The van der Waals surface area contributed by atoms with Crippen molar-refractivity contribution in [1.29, 1.82) is 0 Å². The number of hydrogen-bond donors (Lipinski definition) is 1. The summed E-state index contributed by atoms with van der Waals surface area (Å²) in [6.45, 7) is 5.05. The predicted octanol–water partition coefficient (Wildman–Crippen LogP) is 4.12. The monoisotopic (exact) mass is 302 g/mol. The summed E-state index contributed by atoms with van der Waals surface area (Å²) in [5.41, 5.74) is 2.50. The molecule has 1 N–H and O–H groups in total. The van der Waals surface area contributed by atoms with Crippen LogP contribution in [0.15, 0.2) is 54.6 Å². The Bertz CT molecular complexity index is 542. The van der Waals surface area contributed by atoms with Crippen LogP contribution in [0.2, 0.25) is 5.02 Å². The van der Waals surface area contributed by atoms with Crippen LogP contribution in [-0.2, 0) is 6.54 Å². The van der Waals surface area contributed by atoms with Crippen molar-refractivity contribution in [2.75, 3.05) is 20.1 Å². The molecule has 0 amide bonds. The zero-order valence-corrected chi connectivity index (χ0v) is 13.5. The minimum atomic E-state index is 0.317. The van der Waals surface area contributed by atoms with E-state index in [2.05, 4.69) is 54.5 Å². The van der Waals surface area contributed by atoms with Crippen LogP contribution in [0.25, 0.3) is 0 Å². The van der Waals surface area contributed by atoms with Crippen LogP contribution in [0, 0.1) is 0 Å². The van der Waals surface area contributed by atoms with Gasteiger partial charge in [0.2, 0.25) is 0 Å². The fourth-order valence-electron chi connectivity index (χ4n) is 2.33. The summed E-state index contributed by atoms with van der Waals surface area (Å²) >= 11 is 6.26. The molecule has 0 aliphatic heterocycles. The molecule has 112 valence electrons. The summed E-state index contributed by atoms with van der Waals surface area (Å²) in [5, 5.41) is 4.32. The SMILES string of the molecule is CC(c1ccccc1Cl)N(C)CCNCc1ccccc1. The molecule has 2 rings (SSSR count). The van der Waals surface area contributed by atoms with Crippen LogP contribution in [0.4, 0.5) is 0 Å². The van der Waals surface area contributed by atoms with E-state index in [1.54, 1.807) is 0 Å². The highest BCUT2D eigenvalue weighted by Crippen LogP contribution is 2.25. The molecule has 0 saturated heterocycles. The van der Waals surface area contributed by atoms with E-state index in [9.17, 15) is 0 Å². The van der Waals surface area contributed by atoms with Crippen LogP contribution >= 0.6 is 11.6 Å². The molecule has 1 atom stereocenters. The quantitative estimate of drug-likeness (QED) is 0.774. The lowest BCUT2D eigenvalue weighted by Crippen LogP contribution is -2.31. The number of likely N-dealkylation sites (N-methyl/N-ethyl adjacent to an activating group) is 1. The van der Waals surface area contributed by atoms with Gasteiger partial charge in [0.25, 0.3) is 0 Å². The number of halogens is 1. The van der Waals surface area contributed by atoms with E-state index >= 15 is 0 Å². The summed E-state index contributed by atoms with van der Waals surface area (Å²) in [6.07, 6.45) is 0. The van der Waals surface area contributed by atoms with E-state index < -0.39 is 0 Å². The smallest absolute Gasteiger partial charge is 0.0453 e. The molecule has 0 aliphatic carbocycles. The second kappa shape index (κ2) is 8.18. The van der Waals surface area contributed by atoms with Gasteiger partial charge >= 0.3 is 0 Å². The fraction of sp³-hybridized carbons (Fsp3) is 0.333. The molecular weight excluding hydrogens is 280 g/mol. The summed E-state index contributed by atoms with van der Waals surface area (Å²) in [5.74, 6) is 0. The summed E-state index contributed by atoms with van der Waals surface area (Å²) in [7, 11) is 2.14. The first-order valence-electron chi connectivity index (χ1n) is 7.38. The average Bonchev–Trinajstić information content (AvgIpc) is 2.52. The Balaban J connectivity index is 1.77. The van der Waals surface area contributed by atoms with E-state index in [-0.39, 0.29) is 0 Å². The van der Waals surface area contributed by atoms with Crippen molar-refractivity contribution in [3.63, 3.8) is 0 Å². The number of hydrogen-bond acceptors (Lipinski definition) is 2. The van der Waals surface area contributed by atoms with Gasteiger partial charge in [-0.1, -0.05) is 60.1 Å². The van der Waals surface area contributed by atoms with Crippen LogP contribution in [0.1, 0.15) is 24.1 Å². The first-order valence-corrected chi connectivity index (χ1v) is 7.75. The maximum absolute atomic E-state index is 6.26. The first-order chi connectivity index (χ1) is 10.2. The Morgan fingerprint density at radius 1 is 1.05 bits per heavy atom. The van der Waals surface area contributed by atoms with Gasteiger partial charge < -0.3 is 5.32 Å². The summed E-state index contributed by atoms with van der Waals surface area (Å²) in [4.78, 5) is 2.32. The third kappa shape index (κ3) is 4.85. The summed E-state index contributed by atoms with van der Waals surface area (Å²) in [6, 6.07) is 18.9. The Kier molecular flexibility index (Phi) is 6.24. The van der Waals surface area contributed by atoms with Crippen LogP contribution in [0.3, 0.4) is 0 Å². The standard InChI is InChI=1S/C18H23ClN2/c1-15(17-10-6-7-11-18(17)19)21(2)13-12-20-14-16-8-4-3-5-9-16/h3-11,15,20H,12-14H2,1-2H3. The highest BCUT2D eigenvalue weighted by molar-refractivity contribution is 6.31. The Morgan fingerprint density at radius 3 is 2.43 bits per heavy atom. The second-order valence-corrected chi connectivity index (χ2v) is 5.75. The molecule has 0 bridgehead atoms. The molecule has 2 nitrogen and oxygen atoms in total. The Labute approximate surface area is 132 Å². The molecule has 0 heterocycles. The minimum absolute atomic E-state index is 0.317. The van der Waals surface area contributed by atoms with E-state index in [0.29, 0.717) is 6.04 Å². The Morgan fingerprint density at radius 2 is 1.71 bits per heavy atom. The van der Waals surface area contributed by atoms with Gasteiger partial charge in [-0.25, -0.2) is 0 Å². The highest BCUT2D eigenvalue weighted by Gasteiger charge is 2.13. The van der Waals surface area contributed by atoms with Crippen molar-refractivity contribution in [3.8, 4) is 0 Å². The summed E-state index contributed by atoms with van der Waals surface area (Å²) < 4.78 is 0. The zero-order chi connectivity index (χ0) is 15.1. The highest BCUT2D eigenvalue weighted by atomic mass is 35.5. The second-order valence-electron chi connectivity index (χ2n) is 5.34. The van der Waals surface area contributed by atoms with Crippen molar-refractivity contribution in [2.24, 2.45) is 0 Å². The van der Waals surface area contributed by atoms with Crippen molar-refractivity contribution < 1.29 is 0 Å². The van der Waals surface area contributed by atoms with E-state index in [0.717, 1.165) is 24.7 Å². The molecule has 0 aromatic heterocycles. The van der Waals surface area contributed by atoms with Gasteiger partial charge in [0.05, 0.1) is 0 Å². The molecule has 0 radical (unpaired) electrons. The number of nitrogens with zero attached hydrogens (tertiary/aromatic N) is 1. The Hall–Kier alpha value is -1.35. The number of nitrogens with one attached hydrogen (secondary N) is 1. The topological polar surface area (TPSA) is 15.3 Å². The molecule has 1 unspecified atom stereocenters. The van der Waals surface area contributed by atoms with Gasteiger partial charge in [-0.3, -0.25) is 4.90 Å². The molecule has 0 spiro atoms. The van der Waals surface area contributed by atoms with Crippen molar-refractivity contribution >= 4 is 11.6 Å². The molecule has 21 heavy (non-hydrogen) atoms. The fourth-order valence-corrected chi connectivity index (χ4v) is 2.62. The molecule has 3 heteroatoms. The maximum atomic E-state index is 6.26. The van der Waals surface area contributed by atoms with Gasteiger partial charge in [-0.2, -0.15) is 0 Å². The molecule has 0 fully saturated rings. The van der Waals surface area contributed by atoms with Crippen molar-refractivity contribution in [1.82, 2.24) is 10.2 Å². The van der Waals surface area contributed by atoms with E-state index in [1.165, 1.54) is 11.1 Å². The minimum Gasteiger partial charge on any atom is -0.311 e. The van der Waals surface area contributed by atoms with Gasteiger partial charge in [0.15, 0.2) is 0 Å². The molecule has 2 aromatic rings. The third-order valence-electron chi connectivity index (χ3n) is 3.83. The van der Waals surface area contributed by atoms with Crippen molar-refractivity contribution in [2.45, 2.75) is 19.5 Å². The van der Waals surface area contributed by atoms with E-state index in [4.69, 9.17) is 11.6 Å². The maximum Gasteiger partial charge on any atom is 0.0453 e. The van der Waals surface area contributed by atoms with Gasteiger partial charge in [-0.15, -0.1) is 0 Å². The molecule has 0 saturated carbocycles. The normalized spacial score (nSPS) is 12.6. The van der Waals surface area contributed by atoms with E-state index in [1.807, 2.05) is 24.3 Å². The molecule has 2 aromatic carbocycles. The largest absolute Gasteiger partial charge is 0.311 e. The van der Waals surface area contributed by atoms with Crippen LogP contribution < -0.4 is 5.32 Å². The average molecular weight is 303 g/mol. The van der Waals surface area contributed by atoms with Gasteiger partial charge in [0.1, 0.15) is 0 Å². The first kappa shape index (κ1) is 16.0. The zero-order valence-electron chi connectivity index (χ0n) is 12.7. The van der Waals surface area contributed by atoms with Gasteiger partial charge in [-0.05, 0) is 31.2 Å². The van der Waals surface area contributed by atoms with Crippen molar-refractivity contribution in [3.05, 3.63) is 70.7 Å². The predicted molar refractivity (Wildman–Crippen MR) is 90.6 cm³/mol. The van der Waals surface area contributed by atoms with Crippen LogP contribution in [-0.4, -0.2) is 25.0 Å². The van der Waals surface area contributed by atoms with Crippen LogP contribution in [0.5, 0.6) is 0 Å². The number of rotatable bonds is 7. The van der Waals surface area contributed by atoms with Gasteiger partial charge in [0, 0.05) is 30.7 Å². The molecule has 0 aliphatic rings.